The second kappa shape index (κ2) is 7.55. The molecule has 2 aromatic heterocycles. The molecule has 0 spiro atoms. The lowest BCUT2D eigenvalue weighted by molar-refractivity contribution is 0.102. The van der Waals surface area contributed by atoms with Crippen molar-refractivity contribution in [3.63, 3.8) is 0 Å². The minimum Gasteiger partial charge on any atom is -0.321 e. The lowest BCUT2D eigenvalue weighted by Gasteiger charge is -2.11. The highest BCUT2D eigenvalue weighted by molar-refractivity contribution is 7.92. The number of sulfone groups is 1. The zero-order valence-corrected chi connectivity index (χ0v) is 16.0. The van der Waals surface area contributed by atoms with Crippen LogP contribution in [0.3, 0.4) is 0 Å². The van der Waals surface area contributed by atoms with E-state index < -0.39 is 9.84 Å². The Hall–Kier alpha value is -3.00. The molecule has 0 saturated heterocycles. The van der Waals surface area contributed by atoms with E-state index in [4.69, 9.17) is 0 Å². The number of amides is 1. The summed E-state index contributed by atoms with van der Waals surface area (Å²) in [6.45, 7) is 0. The molecule has 28 heavy (non-hydrogen) atoms. The second-order valence-electron chi connectivity index (χ2n) is 6.79. The standard InChI is InChI=1S/C20H20N4O3S/c25-20(23-16-8-11-19(21-14-16)24-13-3-12-22-24)15-6-9-18(10-7-15)28(26,27)17-4-1-2-5-17/h3,6-14,17H,1-2,4-5H2,(H,23,25). The summed E-state index contributed by atoms with van der Waals surface area (Å²) in [6, 6.07) is 11.4. The van der Waals surface area contributed by atoms with Gasteiger partial charge < -0.3 is 5.32 Å². The van der Waals surface area contributed by atoms with Gasteiger partial charge in [0.2, 0.25) is 0 Å². The summed E-state index contributed by atoms with van der Waals surface area (Å²) < 4.78 is 26.9. The van der Waals surface area contributed by atoms with Gasteiger partial charge in [-0.1, -0.05) is 12.8 Å². The van der Waals surface area contributed by atoms with Crippen LogP contribution in [0.15, 0.2) is 66.0 Å². The van der Waals surface area contributed by atoms with Crippen molar-refractivity contribution in [2.45, 2.75) is 35.8 Å². The predicted molar refractivity (Wildman–Crippen MR) is 105 cm³/mol. The summed E-state index contributed by atoms with van der Waals surface area (Å²) >= 11 is 0. The van der Waals surface area contributed by atoms with Crippen LogP contribution in [0.5, 0.6) is 0 Å². The van der Waals surface area contributed by atoms with Gasteiger partial charge in [-0.2, -0.15) is 5.10 Å². The summed E-state index contributed by atoms with van der Waals surface area (Å²) in [6.07, 6.45) is 8.33. The predicted octanol–water partition coefficient (Wildman–Crippen LogP) is 3.24. The zero-order chi connectivity index (χ0) is 19.6. The number of nitrogens with one attached hydrogen (secondary N) is 1. The molecule has 3 aromatic rings. The fourth-order valence-electron chi connectivity index (χ4n) is 3.39. The molecule has 4 rings (SSSR count). The molecule has 1 aromatic carbocycles. The van der Waals surface area contributed by atoms with E-state index in [2.05, 4.69) is 15.4 Å². The Balaban J connectivity index is 1.45. The number of hydrogen-bond acceptors (Lipinski definition) is 5. The van der Waals surface area contributed by atoms with Crippen molar-refractivity contribution in [1.82, 2.24) is 14.8 Å². The fourth-order valence-corrected chi connectivity index (χ4v) is 5.24. The normalized spacial score (nSPS) is 14.9. The largest absolute Gasteiger partial charge is 0.321 e. The monoisotopic (exact) mass is 396 g/mol. The highest BCUT2D eigenvalue weighted by Crippen LogP contribution is 2.29. The van der Waals surface area contributed by atoms with Crippen LogP contribution in [0, 0.1) is 0 Å². The van der Waals surface area contributed by atoms with Gasteiger partial charge in [0, 0.05) is 18.0 Å². The van der Waals surface area contributed by atoms with E-state index in [-0.39, 0.29) is 16.1 Å². The van der Waals surface area contributed by atoms with Crippen molar-refractivity contribution in [3.8, 4) is 5.82 Å². The summed E-state index contributed by atoms with van der Waals surface area (Å²) in [5.41, 5.74) is 0.935. The van der Waals surface area contributed by atoms with Gasteiger partial charge in [0.15, 0.2) is 15.7 Å². The number of hydrogen-bond donors (Lipinski definition) is 1. The molecule has 8 heteroatoms. The third kappa shape index (κ3) is 3.68. The maximum atomic E-state index is 12.6. The molecule has 0 aliphatic heterocycles. The summed E-state index contributed by atoms with van der Waals surface area (Å²) in [5, 5.41) is 6.56. The van der Waals surface area contributed by atoms with Crippen LogP contribution in [0.4, 0.5) is 5.69 Å². The maximum absolute atomic E-state index is 12.6. The van der Waals surface area contributed by atoms with Gasteiger partial charge in [-0.25, -0.2) is 18.1 Å². The van der Waals surface area contributed by atoms with Crippen LogP contribution < -0.4 is 5.32 Å². The Morgan fingerprint density at radius 1 is 1.07 bits per heavy atom. The van der Waals surface area contributed by atoms with E-state index >= 15 is 0 Å². The Labute approximate surface area is 163 Å². The van der Waals surface area contributed by atoms with Crippen molar-refractivity contribution in [1.29, 1.82) is 0 Å². The Bertz CT molecular complexity index is 1050. The third-order valence-electron chi connectivity index (χ3n) is 4.93. The lowest BCUT2D eigenvalue weighted by Crippen LogP contribution is -2.18. The topological polar surface area (TPSA) is 93.9 Å². The van der Waals surface area contributed by atoms with E-state index in [1.54, 1.807) is 53.6 Å². The van der Waals surface area contributed by atoms with Crippen molar-refractivity contribution in [2.24, 2.45) is 0 Å². The molecule has 0 bridgehead atoms. The Morgan fingerprint density at radius 2 is 1.82 bits per heavy atom. The van der Waals surface area contributed by atoms with Gasteiger partial charge in [0.1, 0.15) is 0 Å². The molecule has 0 atom stereocenters. The third-order valence-corrected chi connectivity index (χ3v) is 7.21. The van der Waals surface area contributed by atoms with Crippen LogP contribution in [0.1, 0.15) is 36.0 Å². The van der Waals surface area contributed by atoms with E-state index in [1.807, 2.05) is 0 Å². The number of benzene rings is 1. The number of aromatic nitrogens is 3. The van der Waals surface area contributed by atoms with Gasteiger partial charge in [0.25, 0.3) is 5.91 Å². The van der Waals surface area contributed by atoms with Crippen LogP contribution >= 0.6 is 0 Å². The van der Waals surface area contributed by atoms with Gasteiger partial charge in [-0.05, 0) is 55.3 Å². The van der Waals surface area contributed by atoms with Crippen molar-refractivity contribution in [3.05, 3.63) is 66.6 Å². The van der Waals surface area contributed by atoms with Crippen molar-refractivity contribution in [2.75, 3.05) is 5.32 Å². The first-order valence-electron chi connectivity index (χ1n) is 9.15. The number of anilines is 1. The Kier molecular flexibility index (Phi) is 4.95. The van der Waals surface area contributed by atoms with E-state index in [1.165, 1.54) is 12.1 Å². The number of carbonyl (C=O) groups is 1. The van der Waals surface area contributed by atoms with Gasteiger partial charge in [-0.3, -0.25) is 4.79 Å². The highest BCUT2D eigenvalue weighted by atomic mass is 32.2. The average Bonchev–Trinajstić information content (AvgIpc) is 3.43. The first kappa shape index (κ1) is 18.4. The zero-order valence-electron chi connectivity index (χ0n) is 15.2. The van der Waals surface area contributed by atoms with Crippen molar-refractivity contribution >= 4 is 21.4 Å². The Morgan fingerprint density at radius 3 is 2.43 bits per heavy atom. The summed E-state index contributed by atoms with van der Waals surface area (Å²) in [5.74, 6) is 0.322. The number of rotatable bonds is 5. The average molecular weight is 396 g/mol. The molecular weight excluding hydrogens is 376 g/mol. The molecule has 144 valence electrons. The second-order valence-corrected chi connectivity index (χ2v) is 9.01. The fraction of sp³-hybridized carbons (Fsp3) is 0.250. The quantitative estimate of drug-likeness (QED) is 0.714. The minimum absolute atomic E-state index is 0.279. The van der Waals surface area contributed by atoms with Crippen LogP contribution in [-0.4, -0.2) is 34.3 Å². The molecule has 0 radical (unpaired) electrons. The SMILES string of the molecule is O=C(Nc1ccc(-n2cccn2)nc1)c1ccc(S(=O)(=O)C2CCCC2)cc1. The first-order chi connectivity index (χ1) is 13.5. The molecule has 1 N–H and O–H groups in total. The van der Waals surface area contributed by atoms with Gasteiger partial charge in [-0.15, -0.1) is 0 Å². The molecule has 1 aliphatic carbocycles. The van der Waals surface area contributed by atoms with Crippen LogP contribution in [0.2, 0.25) is 0 Å². The number of nitrogens with zero attached hydrogens (tertiary/aromatic N) is 3. The smallest absolute Gasteiger partial charge is 0.255 e. The first-order valence-corrected chi connectivity index (χ1v) is 10.7. The van der Waals surface area contributed by atoms with Crippen LogP contribution in [-0.2, 0) is 9.84 Å². The lowest BCUT2D eigenvalue weighted by atomic mass is 10.2. The molecule has 1 amide bonds. The summed E-state index contributed by atoms with van der Waals surface area (Å²) in [4.78, 5) is 17.0. The van der Waals surface area contributed by atoms with Crippen molar-refractivity contribution < 1.29 is 13.2 Å². The molecule has 7 nitrogen and oxygen atoms in total. The summed E-state index contributed by atoms with van der Waals surface area (Å²) in [7, 11) is -3.32. The molecule has 1 saturated carbocycles. The maximum Gasteiger partial charge on any atom is 0.255 e. The number of carbonyl (C=O) groups excluding carboxylic acids is 1. The number of pyridine rings is 1. The molecule has 0 unspecified atom stereocenters. The van der Waals surface area contributed by atoms with Crippen LogP contribution in [0.25, 0.3) is 5.82 Å². The van der Waals surface area contributed by atoms with Gasteiger partial charge >= 0.3 is 0 Å². The molecule has 1 fully saturated rings. The molecule has 1 aliphatic rings. The van der Waals surface area contributed by atoms with E-state index in [0.29, 0.717) is 29.9 Å². The molecular formula is C20H20N4O3S. The van der Waals surface area contributed by atoms with E-state index in [9.17, 15) is 13.2 Å². The highest BCUT2D eigenvalue weighted by Gasteiger charge is 2.30. The molecule has 2 heterocycles. The van der Waals surface area contributed by atoms with E-state index in [0.717, 1.165) is 12.8 Å². The minimum atomic E-state index is -3.32. The van der Waals surface area contributed by atoms with Gasteiger partial charge in [0.05, 0.1) is 22.0 Å².